The summed E-state index contributed by atoms with van der Waals surface area (Å²) in [4.78, 5) is 29.0. The second-order valence-corrected chi connectivity index (χ2v) is 7.54. The first-order valence-electron chi connectivity index (χ1n) is 9.26. The number of aromatic nitrogens is 3. The molecule has 0 fully saturated rings. The highest BCUT2D eigenvalue weighted by atomic mass is 35.5. The molecular weight excluding hydrogens is 394 g/mol. The summed E-state index contributed by atoms with van der Waals surface area (Å²) in [5.74, 6) is -0.861. The molecule has 1 aliphatic rings. The first-order valence-corrected chi connectivity index (χ1v) is 9.64. The van der Waals surface area contributed by atoms with E-state index in [1.807, 2.05) is 13.0 Å². The van der Waals surface area contributed by atoms with Crippen molar-refractivity contribution in [2.24, 2.45) is 7.05 Å². The van der Waals surface area contributed by atoms with Gasteiger partial charge in [-0.05, 0) is 49.4 Å². The minimum absolute atomic E-state index is 0.195. The van der Waals surface area contributed by atoms with Crippen LogP contribution >= 0.6 is 11.6 Å². The summed E-state index contributed by atoms with van der Waals surface area (Å²) in [6, 6.07) is 5.00. The highest BCUT2D eigenvalue weighted by molar-refractivity contribution is 6.38. The van der Waals surface area contributed by atoms with Crippen molar-refractivity contribution < 1.29 is 14.8 Å². The number of aryl methyl sites for hydroxylation is 3. The van der Waals surface area contributed by atoms with Crippen LogP contribution < -0.4 is 10.8 Å². The zero-order chi connectivity index (χ0) is 20.7. The van der Waals surface area contributed by atoms with Gasteiger partial charge < -0.3 is 5.32 Å². The Morgan fingerprint density at radius 2 is 2.10 bits per heavy atom. The molecule has 2 aromatic heterocycles. The lowest BCUT2D eigenvalue weighted by Gasteiger charge is -2.27. The second-order valence-electron chi connectivity index (χ2n) is 7.17. The molecule has 1 atom stereocenters. The van der Waals surface area contributed by atoms with Crippen LogP contribution in [0.5, 0.6) is 0 Å². The fourth-order valence-corrected chi connectivity index (χ4v) is 4.29. The molecule has 3 aromatic rings. The van der Waals surface area contributed by atoms with Gasteiger partial charge in [-0.3, -0.25) is 19.5 Å². The molecule has 9 heteroatoms. The quantitative estimate of drug-likeness (QED) is 0.452. The minimum atomic E-state index is -0.558. The molecule has 1 unspecified atom stereocenters. The van der Waals surface area contributed by atoms with E-state index in [4.69, 9.17) is 16.8 Å². The molecule has 2 amide bonds. The van der Waals surface area contributed by atoms with Gasteiger partial charge in [-0.1, -0.05) is 17.7 Å². The summed E-state index contributed by atoms with van der Waals surface area (Å²) in [5, 5.41) is 17.2. The van der Waals surface area contributed by atoms with Crippen LogP contribution in [-0.2, 0) is 13.5 Å². The Labute approximate surface area is 171 Å². The number of hydrogen-bond donors (Lipinski definition) is 3. The molecule has 2 heterocycles. The number of halogens is 1. The standard InChI is InChI=1S/C20H20ClN5O3/c1-10-16-17(21)14(9-22-18(16)26(2)24-10)20(28)23-15-5-3-4-11-8-12(19(27)25-29)6-7-13(11)15/h6-9,15,29H,3-5H2,1-2H3,(H,23,28)(H,25,27). The van der Waals surface area contributed by atoms with Crippen molar-refractivity contribution in [2.45, 2.75) is 32.2 Å². The summed E-state index contributed by atoms with van der Waals surface area (Å²) in [6.07, 6.45) is 3.93. The van der Waals surface area contributed by atoms with Gasteiger partial charge in [0.2, 0.25) is 0 Å². The number of fused-ring (bicyclic) bond motifs is 2. The Kier molecular flexibility index (Phi) is 4.97. The Hall–Kier alpha value is -2.97. The zero-order valence-electron chi connectivity index (χ0n) is 16.0. The number of pyridine rings is 1. The summed E-state index contributed by atoms with van der Waals surface area (Å²) in [7, 11) is 1.78. The van der Waals surface area contributed by atoms with Crippen molar-refractivity contribution in [1.29, 1.82) is 0 Å². The largest absolute Gasteiger partial charge is 0.345 e. The average Bonchev–Trinajstić information content (AvgIpc) is 3.01. The maximum Gasteiger partial charge on any atom is 0.274 e. The average molecular weight is 414 g/mol. The van der Waals surface area contributed by atoms with Crippen LogP contribution in [0.4, 0.5) is 0 Å². The van der Waals surface area contributed by atoms with E-state index in [0.29, 0.717) is 32.9 Å². The van der Waals surface area contributed by atoms with Crippen LogP contribution in [0.2, 0.25) is 5.02 Å². The number of carbonyl (C=O) groups excluding carboxylic acids is 2. The van der Waals surface area contributed by atoms with E-state index in [0.717, 1.165) is 30.4 Å². The molecule has 3 N–H and O–H groups in total. The fourth-order valence-electron chi connectivity index (χ4n) is 3.93. The highest BCUT2D eigenvalue weighted by Gasteiger charge is 2.25. The van der Waals surface area contributed by atoms with Crippen LogP contribution in [-0.4, -0.2) is 31.8 Å². The van der Waals surface area contributed by atoms with Crippen molar-refractivity contribution >= 4 is 34.4 Å². The van der Waals surface area contributed by atoms with E-state index in [-0.39, 0.29) is 11.9 Å². The van der Waals surface area contributed by atoms with Crippen molar-refractivity contribution in [1.82, 2.24) is 25.6 Å². The predicted molar refractivity (Wildman–Crippen MR) is 107 cm³/mol. The molecule has 0 radical (unpaired) electrons. The molecule has 8 nitrogen and oxygen atoms in total. The number of nitrogens with zero attached hydrogens (tertiary/aromatic N) is 3. The van der Waals surface area contributed by atoms with Crippen LogP contribution in [0.1, 0.15) is 56.4 Å². The van der Waals surface area contributed by atoms with E-state index in [9.17, 15) is 9.59 Å². The van der Waals surface area contributed by atoms with E-state index < -0.39 is 5.91 Å². The Morgan fingerprint density at radius 1 is 1.31 bits per heavy atom. The molecule has 0 saturated heterocycles. The van der Waals surface area contributed by atoms with Crippen molar-refractivity contribution in [3.63, 3.8) is 0 Å². The van der Waals surface area contributed by atoms with E-state index >= 15 is 0 Å². The van der Waals surface area contributed by atoms with Gasteiger partial charge in [0.05, 0.1) is 27.7 Å². The van der Waals surface area contributed by atoms with E-state index in [1.54, 1.807) is 29.3 Å². The number of amides is 2. The van der Waals surface area contributed by atoms with Crippen LogP contribution in [0.25, 0.3) is 11.0 Å². The van der Waals surface area contributed by atoms with E-state index in [1.165, 1.54) is 6.20 Å². The van der Waals surface area contributed by atoms with Gasteiger partial charge >= 0.3 is 0 Å². The smallest absolute Gasteiger partial charge is 0.274 e. The minimum Gasteiger partial charge on any atom is -0.345 e. The van der Waals surface area contributed by atoms with Crippen molar-refractivity contribution in [3.05, 3.63) is 57.4 Å². The molecule has 0 bridgehead atoms. The number of hydrogen-bond acceptors (Lipinski definition) is 5. The monoisotopic (exact) mass is 413 g/mol. The lowest BCUT2D eigenvalue weighted by atomic mass is 9.86. The lowest BCUT2D eigenvalue weighted by molar-refractivity contribution is 0.0706. The third-order valence-electron chi connectivity index (χ3n) is 5.33. The number of carbonyl (C=O) groups is 2. The molecule has 150 valence electrons. The normalized spacial score (nSPS) is 15.8. The van der Waals surface area contributed by atoms with Gasteiger partial charge in [-0.15, -0.1) is 0 Å². The topological polar surface area (TPSA) is 109 Å². The summed E-state index contributed by atoms with van der Waals surface area (Å²) in [5.41, 5.74) is 5.60. The fraction of sp³-hybridized carbons (Fsp3) is 0.300. The van der Waals surface area contributed by atoms with Gasteiger partial charge in [-0.25, -0.2) is 10.5 Å². The Bertz CT molecular complexity index is 1140. The molecule has 0 spiro atoms. The molecule has 0 aliphatic heterocycles. The molecular formula is C20H20ClN5O3. The van der Waals surface area contributed by atoms with Gasteiger partial charge in [0.1, 0.15) is 0 Å². The van der Waals surface area contributed by atoms with E-state index in [2.05, 4.69) is 15.4 Å². The zero-order valence-corrected chi connectivity index (χ0v) is 16.7. The highest BCUT2D eigenvalue weighted by Crippen LogP contribution is 2.32. The summed E-state index contributed by atoms with van der Waals surface area (Å²) in [6.45, 7) is 1.83. The van der Waals surface area contributed by atoms with Gasteiger partial charge in [0.25, 0.3) is 11.8 Å². The number of rotatable bonds is 3. The second kappa shape index (κ2) is 7.46. The molecule has 1 aromatic carbocycles. The predicted octanol–water partition coefficient (Wildman–Crippen LogP) is 2.86. The lowest BCUT2D eigenvalue weighted by Crippen LogP contribution is -2.31. The van der Waals surface area contributed by atoms with Crippen molar-refractivity contribution in [3.8, 4) is 0 Å². The summed E-state index contributed by atoms with van der Waals surface area (Å²) < 4.78 is 1.63. The Balaban J connectivity index is 1.63. The van der Waals surface area contributed by atoms with Crippen LogP contribution in [0.3, 0.4) is 0 Å². The molecule has 1 aliphatic carbocycles. The van der Waals surface area contributed by atoms with Gasteiger partial charge in [-0.2, -0.15) is 5.10 Å². The molecule has 29 heavy (non-hydrogen) atoms. The first kappa shape index (κ1) is 19.4. The third kappa shape index (κ3) is 3.34. The maximum absolute atomic E-state index is 13.0. The number of benzene rings is 1. The maximum atomic E-state index is 13.0. The van der Waals surface area contributed by atoms with Gasteiger partial charge in [0.15, 0.2) is 5.65 Å². The molecule has 4 rings (SSSR count). The first-order chi connectivity index (χ1) is 13.9. The Morgan fingerprint density at radius 3 is 2.86 bits per heavy atom. The number of hydroxylamine groups is 1. The van der Waals surface area contributed by atoms with Crippen molar-refractivity contribution in [2.75, 3.05) is 0 Å². The van der Waals surface area contributed by atoms with Gasteiger partial charge in [0, 0.05) is 18.8 Å². The molecule has 0 saturated carbocycles. The van der Waals surface area contributed by atoms with Crippen LogP contribution in [0.15, 0.2) is 24.4 Å². The third-order valence-corrected chi connectivity index (χ3v) is 5.73. The SMILES string of the molecule is Cc1nn(C)c2ncc(C(=O)NC3CCCc4cc(C(=O)NO)ccc43)c(Cl)c12. The summed E-state index contributed by atoms with van der Waals surface area (Å²) >= 11 is 6.52. The number of nitrogens with one attached hydrogen (secondary N) is 2. The van der Waals surface area contributed by atoms with Crippen LogP contribution in [0, 0.1) is 6.92 Å².